The van der Waals surface area contributed by atoms with E-state index in [1.54, 1.807) is 15.6 Å². The van der Waals surface area contributed by atoms with Crippen LogP contribution in [0.4, 0.5) is 4.39 Å². The zero-order valence-electron chi connectivity index (χ0n) is 14.8. The molecule has 0 fully saturated rings. The Labute approximate surface area is 155 Å². The summed E-state index contributed by atoms with van der Waals surface area (Å²) >= 11 is 0. The van der Waals surface area contributed by atoms with Crippen molar-refractivity contribution in [3.8, 4) is 5.69 Å². The van der Waals surface area contributed by atoms with E-state index in [1.165, 1.54) is 18.5 Å². The Morgan fingerprint density at radius 2 is 2.04 bits per heavy atom. The van der Waals surface area contributed by atoms with Gasteiger partial charge in [-0.15, -0.1) is 0 Å². The summed E-state index contributed by atoms with van der Waals surface area (Å²) in [7, 11) is 0. The van der Waals surface area contributed by atoms with Gasteiger partial charge in [0.2, 0.25) is 0 Å². The standard InChI is InChI=1S/C19H19FN6O/c20-13-4-3-5-14(10-13)26-16-7-2-1-6-15(16)18(23-26)19(27)24-8-9-25-17(11-24)21-12-22-25/h3-5,10,12H,1-2,6-9,11H2. The van der Waals surface area contributed by atoms with Gasteiger partial charge in [0.1, 0.15) is 18.0 Å². The molecule has 0 saturated carbocycles. The van der Waals surface area contributed by atoms with E-state index >= 15 is 0 Å². The fourth-order valence-corrected chi connectivity index (χ4v) is 3.98. The average Bonchev–Trinajstić information content (AvgIpc) is 3.31. The van der Waals surface area contributed by atoms with Gasteiger partial charge in [-0.2, -0.15) is 10.2 Å². The highest BCUT2D eigenvalue weighted by atomic mass is 19.1. The second kappa shape index (κ2) is 6.29. The number of amides is 1. The van der Waals surface area contributed by atoms with E-state index in [2.05, 4.69) is 15.2 Å². The number of hydrogen-bond donors (Lipinski definition) is 0. The third-order valence-corrected chi connectivity index (χ3v) is 5.33. The van der Waals surface area contributed by atoms with Gasteiger partial charge in [0.25, 0.3) is 5.91 Å². The smallest absolute Gasteiger partial charge is 0.275 e. The lowest BCUT2D eigenvalue weighted by molar-refractivity contribution is 0.0695. The normalized spacial score (nSPS) is 16.1. The molecular weight excluding hydrogens is 347 g/mol. The molecule has 1 amide bonds. The summed E-state index contributed by atoms with van der Waals surface area (Å²) in [6.45, 7) is 1.64. The Morgan fingerprint density at radius 1 is 1.15 bits per heavy atom. The van der Waals surface area contributed by atoms with Gasteiger partial charge in [0.05, 0.1) is 18.8 Å². The molecule has 0 unspecified atom stereocenters. The van der Waals surface area contributed by atoms with Crippen LogP contribution in [0, 0.1) is 5.82 Å². The lowest BCUT2D eigenvalue weighted by Gasteiger charge is -2.26. The molecule has 0 saturated heterocycles. The van der Waals surface area contributed by atoms with Gasteiger partial charge in [0.15, 0.2) is 5.69 Å². The third-order valence-electron chi connectivity index (χ3n) is 5.33. The molecule has 0 N–H and O–H groups in total. The van der Waals surface area contributed by atoms with Crippen molar-refractivity contribution in [3.63, 3.8) is 0 Å². The summed E-state index contributed by atoms with van der Waals surface area (Å²) < 4.78 is 17.3. The number of fused-ring (bicyclic) bond motifs is 2. The number of nitrogens with zero attached hydrogens (tertiary/aromatic N) is 6. The Morgan fingerprint density at radius 3 is 2.93 bits per heavy atom. The molecule has 138 valence electrons. The van der Waals surface area contributed by atoms with Gasteiger partial charge in [-0.25, -0.2) is 18.7 Å². The second-order valence-corrected chi connectivity index (χ2v) is 7.00. The molecule has 7 nitrogen and oxygen atoms in total. The molecule has 3 heterocycles. The SMILES string of the molecule is O=C(c1nn(-c2cccc(F)c2)c2c1CCCC2)N1CCn2ncnc2C1. The van der Waals surface area contributed by atoms with Crippen molar-refractivity contribution in [2.24, 2.45) is 0 Å². The molecular formula is C19H19FN6O. The Bertz CT molecular complexity index is 1020. The minimum atomic E-state index is -0.309. The van der Waals surface area contributed by atoms with Crippen LogP contribution in [0.25, 0.3) is 5.69 Å². The molecule has 0 atom stereocenters. The van der Waals surface area contributed by atoms with Crippen LogP contribution in [0.15, 0.2) is 30.6 Å². The highest BCUT2D eigenvalue weighted by Crippen LogP contribution is 2.28. The summed E-state index contributed by atoms with van der Waals surface area (Å²) in [6.07, 6.45) is 5.28. The summed E-state index contributed by atoms with van der Waals surface area (Å²) in [5, 5.41) is 8.80. The average molecular weight is 366 g/mol. The molecule has 0 spiro atoms. The van der Waals surface area contributed by atoms with E-state index in [4.69, 9.17) is 0 Å². The largest absolute Gasteiger partial charge is 0.328 e. The van der Waals surface area contributed by atoms with E-state index in [0.29, 0.717) is 31.0 Å². The molecule has 27 heavy (non-hydrogen) atoms. The first kappa shape index (κ1) is 16.2. The summed E-state index contributed by atoms with van der Waals surface area (Å²) in [4.78, 5) is 19.2. The summed E-state index contributed by atoms with van der Waals surface area (Å²) in [6, 6.07) is 6.36. The van der Waals surface area contributed by atoms with Crippen molar-refractivity contribution in [2.75, 3.05) is 6.54 Å². The van der Waals surface area contributed by atoms with Crippen molar-refractivity contribution >= 4 is 5.91 Å². The molecule has 2 aromatic heterocycles. The van der Waals surface area contributed by atoms with Crippen LogP contribution in [0.1, 0.15) is 40.4 Å². The van der Waals surface area contributed by atoms with E-state index in [9.17, 15) is 9.18 Å². The number of benzene rings is 1. The molecule has 5 rings (SSSR count). The maximum absolute atomic E-state index is 13.7. The number of carbonyl (C=O) groups excluding carboxylic acids is 1. The van der Waals surface area contributed by atoms with Crippen LogP contribution in [-0.4, -0.2) is 41.9 Å². The molecule has 0 radical (unpaired) electrons. The van der Waals surface area contributed by atoms with Crippen molar-refractivity contribution in [3.05, 3.63) is 59.2 Å². The number of halogens is 1. The van der Waals surface area contributed by atoms with Crippen molar-refractivity contribution in [1.29, 1.82) is 0 Å². The van der Waals surface area contributed by atoms with Crippen molar-refractivity contribution in [1.82, 2.24) is 29.4 Å². The predicted molar refractivity (Wildman–Crippen MR) is 94.9 cm³/mol. The Kier molecular flexibility index (Phi) is 3.77. The van der Waals surface area contributed by atoms with Gasteiger partial charge < -0.3 is 4.90 Å². The zero-order valence-corrected chi connectivity index (χ0v) is 14.8. The zero-order chi connectivity index (χ0) is 18.4. The van der Waals surface area contributed by atoms with Crippen LogP contribution < -0.4 is 0 Å². The first-order chi connectivity index (χ1) is 13.2. The molecule has 3 aromatic rings. The lowest BCUT2D eigenvalue weighted by Crippen LogP contribution is -2.39. The second-order valence-electron chi connectivity index (χ2n) is 7.00. The van der Waals surface area contributed by atoms with Gasteiger partial charge in [-0.05, 0) is 43.9 Å². The highest BCUT2D eigenvalue weighted by Gasteiger charge is 2.30. The van der Waals surface area contributed by atoms with E-state index in [0.717, 1.165) is 42.8 Å². The molecule has 1 aromatic carbocycles. The Hall–Kier alpha value is -3.03. The van der Waals surface area contributed by atoms with E-state index in [-0.39, 0.29) is 11.7 Å². The van der Waals surface area contributed by atoms with Crippen molar-refractivity contribution < 1.29 is 9.18 Å². The maximum Gasteiger partial charge on any atom is 0.275 e. The topological polar surface area (TPSA) is 68.8 Å². The number of carbonyl (C=O) groups is 1. The van der Waals surface area contributed by atoms with Gasteiger partial charge >= 0.3 is 0 Å². The quantitative estimate of drug-likeness (QED) is 0.697. The molecule has 2 aliphatic rings. The van der Waals surface area contributed by atoms with Crippen molar-refractivity contribution in [2.45, 2.75) is 38.8 Å². The number of aromatic nitrogens is 5. The highest BCUT2D eigenvalue weighted by molar-refractivity contribution is 5.94. The molecule has 1 aliphatic carbocycles. The molecule has 0 bridgehead atoms. The monoisotopic (exact) mass is 366 g/mol. The van der Waals surface area contributed by atoms with Gasteiger partial charge in [0, 0.05) is 17.8 Å². The third kappa shape index (κ3) is 2.72. The molecule has 1 aliphatic heterocycles. The predicted octanol–water partition coefficient (Wildman–Crippen LogP) is 2.14. The van der Waals surface area contributed by atoms with Gasteiger partial charge in [-0.3, -0.25) is 4.79 Å². The lowest BCUT2D eigenvalue weighted by atomic mass is 9.95. The van der Waals surface area contributed by atoms with Crippen LogP contribution in [0.3, 0.4) is 0 Å². The van der Waals surface area contributed by atoms with Crippen LogP contribution in [0.5, 0.6) is 0 Å². The van der Waals surface area contributed by atoms with Crippen LogP contribution in [-0.2, 0) is 25.9 Å². The van der Waals surface area contributed by atoms with Crippen LogP contribution >= 0.6 is 0 Å². The first-order valence-electron chi connectivity index (χ1n) is 9.23. The maximum atomic E-state index is 13.7. The minimum Gasteiger partial charge on any atom is -0.328 e. The van der Waals surface area contributed by atoms with E-state index < -0.39 is 0 Å². The fraction of sp³-hybridized carbons (Fsp3) is 0.368. The summed E-state index contributed by atoms with van der Waals surface area (Å²) in [5.74, 6) is 0.390. The van der Waals surface area contributed by atoms with E-state index in [1.807, 2.05) is 10.7 Å². The number of hydrogen-bond acceptors (Lipinski definition) is 4. The Balaban J connectivity index is 1.54. The first-order valence-corrected chi connectivity index (χ1v) is 9.23. The molecule has 8 heteroatoms. The number of rotatable bonds is 2. The van der Waals surface area contributed by atoms with Gasteiger partial charge in [-0.1, -0.05) is 6.07 Å². The summed E-state index contributed by atoms with van der Waals surface area (Å²) in [5.41, 5.74) is 3.17. The van der Waals surface area contributed by atoms with Crippen LogP contribution in [0.2, 0.25) is 0 Å². The fourth-order valence-electron chi connectivity index (χ4n) is 3.98. The minimum absolute atomic E-state index is 0.0856.